The van der Waals surface area contributed by atoms with Crippen LogP contribution in [0.5, 0.6) is 0 Å². The summed E-state index contributed by atoms with van der Waals surface area (Å²) in [5, 5.41) is 11.7. The molecule has 17 heavy (non-hydrogen) atoms. The number of nitrogens with zero attached hydrogens (tertiary/aromatic N) is 2. The second-order valence-electron chi connectivity index (χ2n) is 3.15. The highest BCUT2D eigenvalue weighted by atomic mass is 79.9. The number of aromatic carboxylic acids is 1. The van der Waals surface area contributed by atoms with E-state index in [1.165, 1.54) is 12.4 Å². The Bertz CT molecular complexity index is 527. The normalized spacial score (nSPS) is 10.2. The average Bonchev–Trinajstić information content (AvgIpc) is 2.73. The maximum Gasteiger partial charge on any atom is 0.356 e. The zero-order valence-corrected chi connectivity index (χ0v) is 11.0. The van der Waals surface area contributed by atoms with Crippen molar-refractivity contribution in [1.82, 2.24) is 9.97 Å². The highest BCUT2D eigenvalue weighted by Gasteiger charge is 2.04. The molecule has 0 aliphatic heterocycles. The van der Waals surface area contributed by atoms with Gasteiger partial charge in [0.05, 0.1) is 22.7 Å². The van der Waals surface area contributed by atoms with Crippen LogP contribution in [0.25, 0.3) is 0 Å². The number of aromatic nitrogens is 2. The van der Waals surface area contributed by atoms with Crippen molar-refractivity contribution in [1.29, 1.82) is 0 Å². The molecule has 0 bridgehead atoms. The molecule has 0 unspecified atom stereocenters. The standard InChI is InChI=1S/C10H8BrN3O2S/c11-8-2-1-6(17-8)3-13-9-5-12-7(4-14-9)10(15)16/h1-2,4-5H,3H2,(H,13,14)(H,15,16). The number of carboxylic acids is 1. The Morgan fingerprint density at radius 1 is 1.41 bits per heavy atom. The van der Waals surface area contributed by atoms with Crippen LogP contribution in [0.15, 0.2) is 28.3 Å². The molecule has 2 aromatic rings. The first-order chi connectivity index (χ1) is 8.15. The summed E-state index contributed by atoms with van der Waals surface area (Å²) in [6, 6.07) is 3.97. The molecule has 0 fully saturated rings. The molecule has 0 aromatic carbocycles. The topological polar surface area (TPSA) is 75.1 Å². The summed E-state index contributed by atoms with van der Waals surface area (Å²) in [5.41, 5.74) is -0.0607. The van der Waals surface area contributed by atoms with Gasteiger partial charge in [-0.05, 0) is 28.1 Å². The van der Waals surface area contributed by atoms with Gasteiger partial charge in [0.2, 0.25) is 0 Å². The molecule has 0 saturated heterocycles. The number of carboxylic acid groups (broad SMARTS) is 1. The fraction of sp³-hybridized carbons (Fsp3) is 0.100. The van der Waals surface area contributed by atoms with Crippen LogP contribution in [0, 0.1) is 0 Å². The number of thiophene rings is 1. The molecule has 0 aliphatic rings. The molecule has 0 amide bonds. The number of hydrogen-bond acceptors (Lipinski definition) is 5. The second-order valence-corrected chi connectivity index (χ2v) is 5.70. The third-order valence-corrected chi connectivity index (χ3v) is 3.57. The summed E-state index contributed by atoms with van der Waals surface area (Å²) < 4.78 is 1.07. The van der Waals surface area contributed by atoms with E-state index in [0.29, 0.717) is 12.4 Å². The lowest BCUT2D eigenvalue weighted by atomic mass is 10.4. The van der Waals surface area contributed by atoms with Crippen molar-refractivity contribution in [2.45, 2.75) is 6.54 Å². The van der Waals surface area contributed by atoms with Gasteiger partial charge in [-0.1, -0.05) is 0 Å². The quantitative estimate of drug-likeness (QED) is 0.907. The SMILES string of the molecule is O=C(O)c1cnc(NCc2ccc(Br)s2)cn1. The van der Waals surface area contributed by atoms with Crippen molar-refractivity contribution in [3.8, 4) is 0 Å². The number of hydrogen-bond donors (Lipinski definition) is 2. The molecule has 5 nitrogen and oxygen atoms in total. The van der Waals surface area contributed by atoms with Gasteiger partial charge < -0.3 is 10.4 Å². The molecule has 0 atom stereocenters. The lowest BCUT2D eigenvalue weighted by molar-refractivity contribution is 0.0690. The summed E-state index contributed by atoms with van der Waals surface area (Å²) in [6.07, 6.45) is 2.64. The van der Waals surface area contributed by atoms with Crippen molar-refractivity contribution >= 4 is 39.1 Å². The van der Waals surface area contributed by atoms with Crippen molar-refractivity contribution in [3.63, 3.8) is 0 Å². The number of anilines is 1. The Kier molecular flexibility index (Phi) is 3.70. The van der Waals surface area contributed by atoms with E-state index in [2.05, 4.69) is 31.2 Å². The number of halogens is 1. The highest BCUT2D eigenvalue weighted by molar-refractivity contribution is 9.11. The zero-order chi connectivity index (χ0) is 12.3. The van der Waals surface area contributed by atoms with E-state index in [0.717, 1.165) is 8.66 Å². The fourth-order valence-corrected chi connectivity index (χ4v) is 2.58. The minimum absolute atomic E-state index is 0.0607. The molecule has 88 valence electrons. The predicted octanol–water partition coefficient (Wildman–Crippen LogP) is 2.61. The predicted molar refractivity (Wildman–Crippen MR) is 68.3 cm³/mol. The lowest BCUT2D eigenvalue weighted by Crippen LogP contribution is -2.04. The Morgan fingerprint density at radius 3 is 2.76 bits per heavy atom. The molecule has 0 saturated carbocycles. The van der Waals surface area contributed by atoms with Crippen LogP contribution in [0.3, 0.4) is 0 Å². The van der Waals surface area contributed by atoms with Crippen LogP contribution in [-0.4, -0.2) is 21.0 Å². The van der Waals surface area contributed by atoms with Crippen molar-refractivity contribution in [2.75, 3.05) is 5.32 Å². The average molecular weight is 314 g/mol. The number of nitrogens with one attached hydrogen (secondary N) is 1. The highest BCUT2D eigenvalue weighted by Crippen LogP contribution is 2.22. The largest absolute Gasteiger partial charge is 0.476 e. The maximum atomic E-state index is 10.6. The maximum absolute atomic E-state index is 10.6. The molecule has 2 N–H and O–H groups in total. The third kappa shape index (κ3) is 3.24. The van der Waals surface area contributed by atoms with Crippen molar-refractivity contribution < 1.29 is 9.90 Å². The van der Waals surface area contributed by atoms with Crippen LogP contribution in [0.1, 0.15) is 15.4 Å². The Morgan fingerprint density at radius 2 is 2.24 bits per heavy atom. The van der Waals surface area contributed by atoms with Gasteiger partial charge in [-0.3, -0.25) is 0 Å². The summed E-state index contributed by atoms with van der Waals surface area (Å²) in [5.74, 6) is -0.522. The van der Waals surface area contributed by atoms with E-state index < -0.39 is 5.97 Å². The van der Waals surface area contributed by atoms with E-state index in [9.17, 15) is 4.79 Å². The van der Waals surface area contributed by atoms with Gasteiger partial charge in [-0.15, -0.1) is 11.3 Å². The lowest BCUT2D eigenvalue weighted by Gasteiger charge is -2.02. The molecule has 2 rings (SSSR count). The first-order valence-corrected chi connectivity index (χ1v) is 6.29. The molecule has 0 aliphatic carbocycles. The Balaban J connectivity index is 1.97. The van der Waals surface area contributed by atoms with Crippen LogP contribution in [0.2, 0.25) is 0 Å². The molecular weight excluding hydrogens is 306 g/mol. The van der Waals surface area contributed by atoms with E-state index in [1.807, 2.05) is 12.1 Å². The third-order valence-electron chi connectivity index (χ3n) is 1.94. The van der Waals surface area contributed by atoms with Gasteiger partial charge in [0.1, 0.15) is 5.82 Å². The molecule has 2 aromatic heterocycles. The Hall–Kier alpha value is -1.47. The van der Waals surface area contributed by atoms with E-state index in [1.54, 1.807) is 11.3 Å². The van der Waals surface area contributed by atoms with Gasteiger partial charge in [0.25, 0.3) is 0 Å². The smallest absolute Gasteiger partial charge is 0.356 e. The zero-order valence-electron chi connectivity index (χ0n) is 8.55. The minimum atomic E-state index is -1.08. The molecule has 2 heterocycles. The van der Waals surface area contributed by atoms with E-state index in [4.69, 9.17) is 5.11 Å². The number of carbonyl (C=O) groups is 1. The van der Waals surface area contributed by atoms with Crippen molar-refractivity contribution in [3.05, 3.63) is 38.9 Å². The minimum Gasteiger partial charge on any atom is -0.476 e. The second kappa shape index (κ2) is 5.24. The van der Waals surface area contributed by atoms with Gasteiger partial charge in [0, 0.05) is 4.88 Å². The van der Waals surface area contributed by atoms with E-state index >= 15 is 0 Å². The summed E-state index contributed by atoms with van der Waals surface area (Å²) in [6.45, 7) is 0.636. The van der Waals surface area contributed by atoms with Crippen LogP contribution in [-0.2, 0) is 6.54 Å². The van der Waals surface area contributed by atoms with Crippen LogP contribution >= 0.6 is 27.3 Å². The van der Waals surface area contributed by atoms with Gasteiger partial charge >= 0.3 is 5.97 Å². The van der Waals surface area contributed by atoms with Gasteiger partial charge in [-0.2, -0.15) is 0 Å². The molecule has 0 spiro atoms. The Labute approximate surface area is 110 Å². The first kappa shape index (κ1) is 12.0. The summed E-state index contributed by atoms with van der Waals surface area (Å²) >= 11 is 5.01. The summed E-state index contributed by atoms with van der Waals surface area (Å²) in [4.78, 5) is 19.4. The van der Waals surface area contributed by atoms with Gasteiger partial charge in [-0.25, -0.2) is 14.8 Å². The first-order valence-electron chi connectivity index (χ1n) is 4.68. The monoisotopic (exact) mass is 313 g/mol. The molecule has 7 heteroatoms. The molecular formula is C10H8BrN3O2S. The van der Waals surface area contributed by atoms with Crippen LogP contribution < -0.4 is 5.32 Å². The fourth-order valence-electron chi connectivity index (χ4n) is 1.15. The van der Waals surface area contributed by atoms with Crippen molar-refractivity contribution in [2.24, 2.45) is 0 Å². The van der Waals surface area contributed by atoms with Crippen LogP contribution in [0.4, 0.5) is 5.82 Å². The summed E-state index contributed by atoms with van der Waals surface area (Å²) in [7, 11) is 0. The van der Waals surface area contributed by atoms with E-state index in [-0.39, 0.29) is 5.69 Å². The van der Waals surface area contributed by atoms with Gasteiger partial charge in [0.15, 0.2) is 5.69 Å². The number of rotatable bonds is 4. The molecule has 0 radical (unpaired) electrons.